The van der Waals surface area contributed by atoms with Crippen molar-refractivity contribution in [3.8, 4) is 0 Å². The Morgan fingerprint density at radius 2 is 1.87 bits per heavy atom. The van der Waals surface area contributed by atoms with E-state index in [9.17, 15) is 19.0 Å². The van der Waals surface area contributed by atoms with E-state index in [1.54, 1.807) is 0 Å². The largest absolute Gasteiger partial charge is 0.390 e. The first-order chi connectivity index (χ1) is 7.06. The van der Waals surface area contributed by atoms with Crippen LogP contribution in [-0.2, 0) is 0 Å². The summed E-state index contributed by atoms with van der Waals surface area (Å²) in [6.45, 7) is 0. The van der Waals surface area contributed by atoms with Gasteiger partial charge in [0.2, 0.25) is 0 Å². The molecule has 0 aliphatic heterocycles. The smallest absolute Gasteiger partial charge is 0.159 e. The van der Waals surface area contributed by atoms with E-state index >= 15 is 0 Å². The van der Waals surface area contributed by atoms with E-state index in [-0.39, 0.29) is 5.56 Å². The fourth-order valence-electron chi connectivity index (χ4n) is 1.19. The van der Waals surface area contributed by atoms with Crippen LogP contribution in [0.15, 0.2) is 18.2 Å². The van der Waals surface area contributed by atoms with Gasteiger partial charge in [0.25, 0.3) is 0 Å². The highest BCUT2D eigenvalue weighted by Gasteiger charge is 2.18. The topological polar surface area (TPSA) is 40.5 Å². The lowest BCUT2D eigenvalue weighted by Gasteiger charge is -2.17. The molecule has 0 fully saturated rings. The zero-order valence-corrected chi connectivity index (χ0v) is 9.42. The monoisotopic (exact) mass is 280 g/mol. The molecule has 0 saturated heterocycles. The van der Waals surface area contributed by atoms with Gasteiger partial charge < -0.3 is 10.2 Å². The minimum atomic E-state index is -1.20. The lowest BCUT2D eigenvalue weighted by atomic mass is 10.0. The van der Waals surface area contributed by atoms with Crippen molar-refractivity contribution in [2.24, 2.45) is 0 Å². The van der Waals surface area contributed by atoms with Crippen LogP contribution < -0.4 is 0 Å². The van der Waals surface area contributed by atoms with E-state index < -0.39 is 23.8 Å². The third-order valence-electron chi connectivity index (χ3n) is 2.05. The quantitative estimate of drug-likeness (QED) is 0.830. The fourth-order valence-corrected chi connectivity index (χ4v) is 1.66. The molecule has 15 heavy (non-hydrogen) atoms. The number of aliphatic hydroxyl groups is 2. The Kier molecular flexibility index (Phi) is 4.63. The molecule has 0 aliphatic carbocycles. The van der Waals surface area contributed by atoms with Crippen LogP contribution in [0.4, 0.5) is 8.78 Å². The number of benzene rings is 1. The zero-order chi connectivity index (χ0) is 11.4. The van der Waals surface area contributed by atoms with Gasteiger partial charge in [-0.05, 0) is 24.1 Å². The molecule has 2 N–H and O–H groups in total. The lowest BCUT2D eigenvalue weighted by molar-refractivity contribution is 0.0171. The molecule has 2 nitrogen and oxygen atoms in total. The number of aliphatic hydroxyl groups excluding tert-OH is 2. The Morgan fingerprint density at radius 1 is 1.20 bits per heavy atom. The summed E-state index contributed by atoms with van der Waals surface area (Å²) in [6, 6.07) is 3.06. The van der Waals surface area contributed by atoms with E-state index in [2.05, 4.69) is 15.9 Å². The molecule has 5 heteroatoms. The Hall–Kier alpha value is -0.520. The van der Waals surface area contributed by atoms with Crippen molar-refractivity contribution in [3.05, 3.63) is 35.4 Å². The Morgan fingerprint density at radius 3 is 2.40 bits per heavy atom. The standard InChI is InChI=1S/C10H11BrF2O2/c11-4-3-9(14)10(15)6-1-2-7(12)8(13)5-6/h1-2,5,9-10,14-15H,3-4H2. The summed E-state index contributed by atoms with van der Waals surface area (Å²) in [4.78, 5) is 0. The third-order valence-corrected chi connectivity index (χ3v) is 2.51. The van der Waals surface area contributed by atoms with Crippen molar-refractivity contribution in [1.29, 1.82) is 0 Å². The third kappa shape index (κ3) is 3.22. The fraction of sp³-hybridized carbons (Fsp3) is 0.400. The first-order valence-electron chi connectivity index (χ1n) is 4.43. The van der Waals surface area contributed by atoms with Crippen LogP contribution in [0.3, 0.4) is 0 Å². The highest BCUT2D eigenvalue weighted by molar-refractivity contribution is 9.09. The maximum absolute atomic E-state index is 12.8. The second kappa shape index (κ2) is 5.53. The molecule has 1 aromatic rings. The number of rotatable bonds is 4. The van der Waals surface area contributed by atoms with Crippen molar-refractivity contribution in [2.75, 3.05) is 5.33 Å². The van der Waals surface area contributed by atoms with E-state index in [4.69, 9.17) is 0 Å². The summed E-state index contributed by atoms with van der Waals surface area (Å²) >= 11 is 3.11. The Labute approximate surface area is 94.7 Å². The Bertz CT molecular complexity index is 333. The summed E-state index contributed by atoms with van der Waals surface area (Å²) < 4.78 is 25.4. The molecule has 1 aromatic carbocycles. The van der Waals surface area contributed by atoms with Crippen LogP contribution >= 0.6 is 15.9 Å². The predicted molar refractivity (Wildman–Crippen MR) is 55.7 cm³/mol. The van der Waals surface area contributed by atoms with Crippen LogP contribution in [-0.4, -0.2) is 21.6 Å². The lowest BCUT2D eigenvalue weighted by Crippen LogP contribution is -2.18. The van der Waals surface area contributed by atoms with Crippen molar-refractivity contribution < 1.29 is 19.0 Å². The van der Waals surface area contributed by atoms with Crippen LogP contribution in [0, 0.1) is 11.6 Å². The molecule has 0 spiro atoms. The van der Waals surface area contributed by atoms with Crippen molar-refractivity contribution in [2.45, 2.75) is 18.6 Å². The van der Waals surface area contributed by atoms with Crippen molar-refractivity contribution >= 4 is 15.9 Å². The molecule has 2 unspecified atom stereocenters. The average Bonchev–Trinajstić information content (AvgIpc) is 2.21. The molecule has 1 rings (SSSR count). The Balaban J connectivity index is 2.81. The highest BCUT2D eigenvalue weighted by Crippen LogP contribution is 2.21. The van der Waals surface area contributed by atoms with Gasteiger partial charge in [-0.15, -0.1) is 0 Å². The van der Waals surface area contributed by atoms with Gasteiger partial charge >= 0.3 is 0 Å². The van der Waals surface area contributed by atoms with E-state index in [0.717, 1.165) is 12.1 Å². The van der Waals surface area contributed by atoms with Crippen molar-refractivity contribution in [3.63, 3.8) is 0 Å². The number of hydrogen-bond acceptors (Lipinski definition) is 2. The number of halogens is 3. The normalized spacial score (nSPS) is 15.0. The summed E-state index contributed by atoms with van der Waals surface area (Å²) in [5.41, 5.74) is 0.169. The van der Waals surface area contributed by atoms with Gasteiger partial charge in [0.1, 0.15) is 6.10 Å². The predicted octanol–water partition coefficient (Wildman–Crippen LogP) is 2.14. The average molecular weight is 281 g/mol. The maximum atomic E-state index is 12.8. The minimum Gasteiger partial charge on any atom is -0.390 e. The van der Waals surface area contributed by atoms with E-state index in [1.807, 2.05) is 0 Å². The van der Waals surface area contributed by atoms with Crippen LogP contribution in [0.5, 0.6) is 0 Å². The molecule has 0 radical (unpaired) electrons. The van der Waals surface area contributed by atoms with Gasteiger partial charge in [0, 0.05) is 5.33 Å². The molecule has 0 amide bonds. The highest BCUT2D eigenvalue weighted by atomic mass is 79.9. The van der Waals surface area contributed by atoms with Crippen LogP contribution in [0.25, 0.3) is 0 Å². The second-order valence-electron chi connectivity index (χ2n) is 3.16. The number of hydrogen-bond donors (Lipinski definition) is 2. The second-order valence-corrected chi connectivity index (χ2v) is 3.96. The molecule has 0 bridgehead atoms. The SMILES string of the molecule is OC(CCBr)C(O)c1ccc(F)c(F)c1. The first-order valence-corrected chi connectivity index (χ1v) is 5.55. The zero-order valence-electron chi connectivity index (χ0n) is 7.83. The molecule has 0 aliphatic rings. The van der Waals surface area contributed by atoms with Gasteiger partial charge in [-0.2, -0.15) is 0 Å². The summed E-state index contributed by atoms with van der Waals surface area (Å²) in [5, 5.41) is 19.5. The van der Waals surface area contributed by atoms with E-state index in [1.165, 1.54) is 6.07 Å². The van der Waals surface area contributed by atoms with Crippen LogP contribution in [0.2, 0.25) is 0 Å². The van der Waals surface area contributed by atoms with Gasteiger partial charge in [-0.1, -0.05) is 22.0 Å². The molecular formula is C10H11BrF2O2. The van der Waals surface area contributed by atoms with Gasteiger partial charge in [0.05, 0.1) is 6.10 Å². The van der Waals surface area contributed by atoms with E-state index in [0.29, 0.717) is 11.8 Å². The molecule has 0 saturated carbocycles. The summed E-state index contributed by atoms with van der Waals surface area (Å²) in [5.74, 6) is -2.00. The molecule has 0 heterocycles. The molecule has 84 valence electrons. The first kappa shape index (κ1) is 12.5. The van der Waals surface area contributed by atoms with Gasteiger partial charge in [-0.3, -0.25) is 0 Å². The minimum absolute atomic E-state index is 0.169. The maximum Gasteiger partial charge on any atom is 0.159 e. The summed E-state index contributed by atoms with van der Waals surface area (Å²) in [7, 11) is 0. The number of alkyl halides is 1. The molecule has 0 aromatic heterocycles. The van der Waals surface area contributed by atoms with Gasteiger partial charge in [0.15, 0.2) is 11.6 Å². The molecule has 2 atom stereocenters. The molecular weight excluding hydrogens is 270 g/mol. The summed E-state index contributed by atoms with van der Waals surface area (Å²) in [6.07, 6.45) is -1.85. The van der Waals surface area contributed by atoms with Gasteiger partial charge in [-0.25, -0.2) is 8.78 Å². The van der Waals surface area contributed by atoms with Crippen LogP contribution in [0.1, 0.15) is 18.1 Å². The van der Waals surface area contributed by atoms with Crippen molar-refractivity contribution in [1.82, 2.24) is 0 Å².